The minimum atomic E-state index is -1.08. The first-order chi connectivity index (χ1) is 6.25. The Morgan fingerprint density at radius 3 is 3.00 bits per heavy atom. The van der Waals surface area contributed by atoms with Gasteiger partial charge in [-0.05, 0) is 31.2 Å². The Balaban J connectivity index is 2.20. The molecule has 1 aromatic rings. The average Bonchev–Trinajstić information content (AvgIpc) is 2.44. The van der Waals surface area contributed by atoms with E-state index in [1.807, 2.05) is 6.20 Å². The summed E-state index contributed by atoms with van der Waals surface area (Å²) >= 11 is 0. The molecule has 0 saturated carbocycles. The molecule has 0 aliphatic heterocycles. The number of carbonyl (C=O) groups excluding carboxylic acids is 1. The van der Waals surface area contributed by atoms with E-state index in [1.165, 1.54) is 16.7 Å². The molecule has 0 spiro atoms. The number of carboxylic acids is 1. The number of rotatable bonds is 2. The predicted molar refractivity (Wildman–Crippen MR) is 43.9 cm³/mol. The Hall–Kier alpha value is -1.32. The van der Waals surface area contributed by atoms with E-state index in [4.69, 9.17) is 0 Å². The molecule has 0 fully saturated rings. The smallest absolute Gasteiger partial charge is 0.0804 e. The molecular formula is C9H11N2O2-. The van der Waals surface area contributed by atoms with Gasteiger partial charge in [-0.3, -0.25) is 4.68 Å². The summed E-state index contributed by atoms with van der Waals surface area (Å²) in [5, 5.41) is 14.5. The highest BCUT2D eigenvalue weighted by Gasteiger charge is 2.12. The van der Waals surface area contributed by atoms with Gasteiger partial charge in [-0.25, -0.2) is 0 Å². The maximum atomic E-state index is 10.3. The lowest BCUT2D eigenvalue weighted by atomic mass is 9.99. The van der Waals surface area contributed by atoms with E-state index in [9.17, 15) is 9.90 Å². The van der Waals surface area contributed by atoms with E-state index in [2.05, 4.69) is 5.10 Å². The molecule has 0 amide bonds. The standard InChI is InChI=1S/C9H12N2O2/c12-9(13)6-11-5-7-3-1-2-4-8(7)10-11/h5H,1-4,6H2,(H,12,13)/p-1. The Morgan fingerprint density at radius 1 is 1.54 bits per heavy atom. The van der Waals surface area contributed by atoms with Gasteiger partial charge in [0.05, 0.1) is 18.2 Å². The summed E-state index contributed by atoms with van der Waals surface area (Å²) < 4.78 is 1.46. The van der Waals surface area contributed by atoms with Gasteiger partial charge in [0.1, 0.15) is 0 Å². The molecule has 0 saturated heterocycles. The lowest BCUT2D eigenvalue weighted by molar-refractivity contribution is -0.306. The van der Waals surface area contributed by atoms with E-state index in [1.54, 1.807) is 0 Å². The van der Waals surface area contributed by atoms with Crippen molar-refractivity contribution in [2.24, 2.45) is 0 Å². The molecule has 0 unspecified atom stereocenters. The largest absolute Gasteiger partial charge is 0.548 e. The summed E-state index contributed by atoms with van der Waals surface area (Å²) in [4.78, 5) is 10.3. The third-order valence-corrected chi connectivity index (χ3v) is 2.33. The van der Waals surface area contributed by atoms with Crippen LogP contribution in [0.2, 0.25) is 0 Å². The Kier molecular flexibility index (Phi) is 2.04. The topological polar surface area (TPSA) is 57.9 Å². The van der Waals surface area contributed by atoms with Crippen molar-refractivity contribution in [3.63, 3.8) is 0 Å². The molecule has 2 rings (SSSR count). The lowest BCUT2D eigenvalue weighted by Gasteiger charge is -2.06. The van der Waals surface area contributed by atoms with Crippen LogP contribution in [0.3, 0.4) is 0 Å². The van der Waals surface area contributed by atoms with Crippen LogP contribution in [0.5, 0.6) is 0 Å². The van der Waals surface area contributed by atoms with Crippen LogP contribution in [0.25, 0.3) is 0 Å². The molecule has 0 radical (unpaired) electrons. The number of carbonyl (C=O) groups is 1. The highest BCUT2D eigenvalue weighted by molar-refractivity contribution is 5.63. The zero-order valence-corrected chi connectivity index (χ0v) is 7.32. The fourth-order valence-corrected chi connectivity index (χ4v) is 1.74. The summed E-state index contributed by atoms with van der Waals surface area (Å²) in [5.41, 5.74) is 2.26. The number of hydrogen-bond donors (Lipinski definition) is 0. The number of nitrogens with zero attached hydrogens (tertiary/aromatic N) is 2. The van der Waals surface area contributed by atoms with Gasteiger partial charge < -0.3 is 9.90 Å². The van der Waals surface area contributed by atoms with Crippen LogP contribution in [0.15, 0.2) is 6.20 Å². The number of aromatic nitrogens is 2. The van der Waals surface area contributed by atoms with Gasteiger partial charge in [-0.2, -0.15) is 5.10 Å². The van der Waals surface area contributed by atoms with Gasteiger partial charge in [0.15, 0.2) is 0 Å². The van der Waals surface area contributed by atoms with E-state index in [0.717, 1.165) is 25.0 Å². The molecule has 1 aliphatic rings. The Bertz CT molecular complexity index is 307. The Morgan fingerprint density at radius 2 is 2.31 bits per heavy atom. The predicted octanol–water partition coefficient (Wildman–Crippen LogP) is -0.488. The molecule has 1 aliphatic carbocycles. The zero-order valence-electron chi connectivity index (χ0n) is 7.32. The van der Waals surface area contributed by atoms with Gasteiger partial charge in [0.25, 0.3) is 0 Å². The van der Waals surface area contributed by atoms with Gasteiger partial charge in [-0.15, -0.1) is 0 Å². The molecule has 4 heteroatoms. The van der Waals surface area contributed by atoms with E-state index in [0.29, 0.717) is 0 Å². The van der Waals surface area contributed by atoms with Gasteiger partial charge in [0.2, 0.25) is 0 Å². The van der Waals surface area contributed by atoms with Crippen molar-refractivity contribution >= 4 is 5.97 Å². The number of aryl methyl sites for hydroxylation is 2. The SMILES string of the molecule is O=C([O-])Cn1cc2c(n1)CCCC2. The molecule has 1 aromatic heterocycles. The minimum absolute atomic E-state index is 0.132. The van der Waals surface area contributed by atoms with Crippen molar-refractivity contribution in [3.8, 4) is 0 Å². The van der Waals surface area contributed by atoms with Crippen molar-refractivity contribution in [2.75, 3.05) is 0 Å². The number of hydrogen-bond acceptors (Lipinski definition) is 3. The van der Waals surface area contributed by atoms with Crippen LogP contribution in [0.4, 0.5) is 0 Å². The number of carboxylic acid groups (broad SMARTS) is 1. The summed E-state index contributed by atoms with van der Waals surface area (Å²) in [6, 6.07) is 0. The average molecular weight is 179 g/mol. The van der Waals surface area contributed by atoms with E-state index >= 15 is 0 Å². The van der Waals surface area contributed by atoms with Crippen molar-refractivity contribution < 1.29 is 9.90 Å². The maximum absolute atomic E-state index is 10.3. The first-order valence-corrected chi connectivity index (χ1v) is 4.51. The molecule has 0 aromatic carbocycles. The lowest BCUT2D eigenvalue weighted by Crippen LogP contribution is -2.27. The van der Waals surface area contributed by atoms with Gasteiger partial charge in [-0.1, -0.05) is 0 Å². The normalized spacial score (nSPS) is 15.4. The fourth-order valence-electron chi connectivity index (χ4n) is 1.74. The van der Waals surface area contributed by atoms with Crippen LogP contribution < -0.4 is 5.11 Å². The quantitative estimate of drug-likeness (QED) is 0.615. The fraction of sp³-hybridized carbons (Fsp3) is 0.556. The Labute approximate surface area is 76.2 Å². The van der Waals surface area contributed by atoms with Crippen LogP contribution in [-0.4, -0.2) is 15.7 Å². The van der Waals surface area contributed by atoms with Crippen LogP contribution in [0.1, 0.15) is 24.1 Å². The number of fused-ring (bicyclic) bond motifs is 1. The monoisotopic (exact) mass is 179 g/mol. The molecule has 0 bridgehead atoms. The molecule has 0 N–H and O–H groups in total. The molecule has 1 heterocycles. The molecule has 4 nitrogen and oxygen atoms in total. The second-order valence-corrected chi connectivity index (χ2v) is 3.38. The highest BCUT2D eigenvalue weighted by Crippen LogP contribution is 2.18. The molecule has 13 heavy (non-hydrogen) atoms. The van der Waals surface area contributed by atoms with E-state index in [-0.39, 0.29) is 6.54 Å². The van der Waals surface area contributed by atoms with E-state index < -0.39 is 5.97 Å². The molecule has 70 valence electrons. The van der Waals surface area contributed by atoms with Gasteiger partial charge in [0, 0.05) is 6.20 Å². The first-order valence-electron chi connectivity index (χ1n) is 4.51. The van der Waals surface area contributed by atoms with Crippen molar-refractivity contribution in [2.45, 2.75) is 32.2 Å². The van der Waals surface area contributed by atoms with Gasteiger partial charge >= 0.3 is 0 Å². The summed E-state index contributed by atoms with van der Waals surface area (Å²) in [6.45, 7) is -0.132. The second-order valence-electron chi connectivity index (χ2n) is 3.38. The summed E-state index contributed by atoms with van der Waals surface area (Å²) in [7, 11) is 0. The first kappa shape index (κ1) is 8.29. The van der Waals surface area contributed by atoms with Crippen LogP contribution in [0, 0.1) is 0 Å². The minimum Gasteiger partial charge on any atom is -0.548 e. The van der Waals surface area contributed by atoms with Crippen molar-refractivity contribution in [1.82, 2.24) is 9.78 Å². The third kappa shape index (κ3) is 1.71. The summed E-state index contributed by atoms with van der Waals surface area (Å²) in [5.74, 6) is -1.08. The summed E-state index contributed by atoms with van der Waals surface area (Å²) in [6.07, 6.45) is 6.18. The molecular weight excluding hydrogens is 168 g/mol. The van der Waals surface area contributed by atoms with Crippen molar-refractivity contribution in [1.29, 1.82) is 0 Å². The van der Waals surface area contributed by atoms with Crippen LogP contribution in [-0.2, 0) is 24.2 Å². The second kappa shape index (κ2) is 3.20. The zero-order chi connectivity index (χ0) is 9.26. The maximum Gasteiger partial charge on any atom is 0.0804 e. The highest BCUT2D eigenvalue weighted by atomic mass is 16.4. The number of aliphatic carboxylic acids is 1. The van der Waals surface area contributed by atoms with Crippen LogP contribution >= 0.6 is 0 Å². The third-order valence-electron chi connectivity index (χ3n) is 2.33. The molecule has 0 atom stereocenters. The van der Waals surface area contributed by atoms with Crippen molar-refractivity contribution in [3.05, 3.63) is 17.5 Å².